The number of aliphatic hydroxyl groups excluding tert-OH is 1. The zero-order valence-corrected chi connectivity index (χ0v) is 27.0. The fourth-order valence-electron chi connectivity index (χ4n) is 8.63. The van der Waals surface area contributed by atoms with Crippen LogP contribution in [-0.4, -0.2) is 71.7 Å². The van der Waals surface area contributed by atoms with E-state index in [9.17, 15) is 24.3 Å². The van der Waals surface area contributed by atoms with Crippen LogP contribution in [0.4, 0.5) is 0 Å². The minimum atomic E-state index is -1.25. The van der Waals surface area contributed by atoms with Crippen molar-refractivity contribution in [3.63, 3.8) is 0 Å². The number of rotatable bonds is 6. The average molecular weight is 625 g/mol. The molecule has 45 heavy (non-hydrogen) atoms. The van der Waals surface area contributed by atoms with Gasteiger partial charge in [-0.15, -0.1) is 0 Å². The van der Waals surface area contributed by atoms with E-state index in [1.165, 1.54) is 26.8 Å². The van der Waals surface area contributed by atoms with Gasteiger partial charge in [-0.05, 0) is 54.4 Å². The van der Waals surface area contributed by atoms with Gasteiger partial charge in [0.15, 0.2) is 0 Å². The Morgan fingerprint density at radius 3 is 2.13 bits per heavy atom. The molecule has 10 heteroatoms. The summed E-state index contributed by atoms with van der Waals surface area (Å²) < 4.78 is 30.3. The molecule has 10 nitrogen and oxygen atoms in total. The van der Waals surface area contributed by atoms with Gasteiger partial charge in [-0.25, -0.2) is 4.79 Å². The minimum absolute atomic E-state index is 0.219. The quantitative estimate of drug-likeness (QED) is 0.160. The Bertz CT molecular complexity index is 1410. The number of hydrogen-bond donors (Lipinski definition) is 1. The Hall–Kier alpha value is -3.50. The molecule has 9 atom stereocenters. The third-order valence-corrected chi connectivity index (χ3v) is 10.5. The van der Waals surface area contributed by atoms with E-state index >= 15 is 0 Å². The van der Waals surface area contributed by atoms with Gasteiger partial charge in [-0.3, -0.25) is 14.4 Å². The van der Waals surface area contributed by atoms with E-state index in [1.54, 1.807) is 6.08 Å². The standard InChI is InChI=1S/C35H44O10/c1-19-25(42-20(2)36)17-24-30(43-21(3)37)31-34(7,32(44-22(4)38)29(40)28(19)33(24,5)6)16-15-26(35(31)18-41-35)45-27(39)14-13-23-11-9-8-10-12-23/h8-14,24-26,29-32,40H,15-18H2,1-7H3/b14-13+/t24-,25?,26?,29?,30?,31-,32?,34+,35-/m0/s1. The zero-order valence-electron chi connectivity index (χ0n) is 27.0. The highest BCUT2D eigenvalue weighted by Gasteiger charge is 2.74. The third kappa shape index (κ3) is 5.94. The van der Waals surface area contributed by atoms with Crippen LogP contribution >= 0.6 is 0 Å². The van der Waals surface area contributed by atoms with Crippen molar-refractivity contribution < 1.29 is 48.0 Å². The summed E-state index contributed by atoms with van der Waals surface area (Å²) >= 11 is 0. The molecule has 1 aromatic carbocycles. The number of ether oxygens (including phenoxy) is 5. The SMILES string of the molecule is CC(=O)OC1C[C@H]2C(OC(C)=O)[C@H]3[C@@](C)(CCC(OC(=O)/C=C/c4ccccc4)[C@@]34CO4)C(OC(C)=O)C(O)C(=C1C)C2(C)C. The van der Waals surface area contributed by atoms with Crippen molar-refractivity contribution in [2.45, 2.75) is 104 Å². The highest BCUT2D eigenvalue weighted by atomic mass is 16.6. The summed E-state index contributed by atoms with van der Waals surface area (Å²) in [5.41, 5.74) is -0.681. The molecule has 1 aliphatic heterocycles. The molecular weight excluding hydrogens is 580 g/mol. The van der Waals surface area contributed by atoms with E-state index < -0.39 is 82.7 Å². The molecule has 244 valence electrons. The van der Waals surface area contributed by atoms with Gasteiger partial charge in [0, 0.05) is 44.1 Å². The average Bonchev–Trinajstić information content (AvgIpc) is 3.73. The molecular formula is C35H44O10. The Kier molecular flexibility index (Phi) is 8.78. The Morgan fingerprint density at radius 2 is 1.56 bits per heavy atom. The molecule has 2 bridgehead atoms. The summed E-state index contributed by atoms with van der Waals surface area (Å²) in [6.45, 7) is 11.8. The summed E-state index contributed by atoms with van der Waals surface area (Å²) in [5, 5.41) is 12.2. The Morgan fingerprint density at radius 1 is 0.933 bits per heavy atom. The lowest BCUT2D eigenvalue weighted by Gasteiger charge is -2.60. The predicted molar refractivity (Wildman–Crippen MR) is 162 cm³/mol. The van der Waals surface area contributed by atoms with E-state index in [1.807, 2.05) is 58.0 Å². The van der Waals surface area contributed by atoms with Crippen LogP contribution in [0.1, 0.15) is 73.3 Å². The van der Waals surface area contributed by atoms with E-state index in [2.05, 4.69) is 0 Å². The number of carbonyl (C=O) groups excluding carboxylic acids is 4. The molecule has 2 saturated carbocycles. The van der Waals surface area contributed by atoms with E-state index in [4.69, 9.17) is 23.7 Å². The Balaban J connectivity index is 1.63. The van der Waals surface area contributed by atoms with E-state index in [-0.39, 0.29) is 6.61 Å². The molecule has 1 aromatic rings. The highest BCUT2D eigenvalue weighted by Crippen LogP contribution is 2.65. The summed E-state index contributed by atoms with van der Waals surface area (Å²) in [6, 6.07) is 9.38. The van der Waals surface area contributed by atoms with Crippen molar-refractivity contribution >= 4 is 30.0 Å². The second-order valence-corrected chi connectivity index (χ2v) is 13.7. The summed E-state index contributed by atoms with van der Waals surface area (Å²) in [5.74, 6) is -3.20. The lowest BCUT2D eigenvalue weighted by molar-refractivity contribution is -0.225. The highest BCUT2D eigenvalue weighted by molar-refractivity contribution is 5.87. The van der Waals surface area contributed by atoms with E-state index in [0.29, 0.717) is 30.4 Å². The first kappa shape index (κ1) is 32.9. The topological polar surface area (TPSA) is 138 Å². The maximum absolute atomic E-state index is 13.1. The maximum atomic E-state index is 13.1. The first-order chi connectivity index (χ1) is 21.1. The largest absolute Gasteiger partial charge is 0.462 e. The van der Waals surface area contributed by atoms with Crippen molar-refractivity contribution in [2.75, 3.05) is 6.61 Å². The van der Waals surface area contributed by atoms with Gasteiger partial charge < -0.3 is 28.8 Å². The molecule has 1 spiro atoms. The molecule has 4 aliphatic rings. The van der Waals surface area contributed by atoms with Gasteiger partial charge >= 0.3 is 23.9 Å². The lowest BCUT2D eigenvalue weighted by Crippen LogP contribution is -2.68. The molecule has 1 N–H and O–H groups in total. The van der Waals surface area contributed by atoms with Crippen molar-refractivity contribution in [3.8, 4) is 0 Å². The Labute approximate surface area is 264 Å². The van der Waals surface area contributed by atoms with Gasteiger partial charge in [-0.1, -0.05) is 51.1 Å². The van der Waals surface area contributed by atoms with Crippen LogP contribution in [0.25, 0.3) is 6.08 Å². The molecule has 1 heterocycles. The summed E-state index contributed by atoms with van der Waals surface area (Å²) in [7, 11) is 0. The molecule has 3 aliphatic carbocycles. The van der Waals surface area contributed by atoms with Crippen LogP contribution in [0, 0.1) is 22.7 Å². The first-order valence-electron chi connectivity index (χ1n) is 15.6. The maximum Gasteiger partial charge on any atom is 0.331 e. The van der Waals surface area contributed by atoms with Gasteiger partial charge in [0.05, 0.1) is 6.61 Å². The lowest BCUT2D eigenvalue weighted by atomic mass is 9.48. The molecule has 3 fully saturated rings. The fourth-order valence-corrected chi connectivity index (χ4v) is 8.63. The second-order valence-electron chi connectivity index (χ2n) is 13.7. The number of carbonyl (C=O) groups is 4. The molecule has 1 saturated heterocycles. The number of esters is 4. The number of hydrogen-bond acceptors (Lipinski definition) is 10. The molecule has 5 rings (SSSR count). The van der Waals surface area contributed by atoms with Crippen molar-refractivity contribution in [1.82, 2.24) is 0 Å². The van der Waals surface area contributed by atoms with Gasteiger partial charge in [0.1, 0.15) is 36.1 Å². The number of aliphatic hydroxyl groups is 1. The molecule has 0 aromatic heterocycles. The van der Waals surface area contributed by atoms with Crippen molar-refractivity contribution in [2.24, 2.45) is 22.7 Å². The van der Waals surface area contributed by atoms with Gasteiger partial charge in [-0.2, -0.15) is 0 Å². The third-order valence-electron chi connectivity index (χ3n) is 10.5. The smallest absolute Gasteiger partial charge is 0.331 e. The van der Waals surface area contributed by atoms with Gasteiger partial charge in [0.2, 0.25) is 0 Å². The summed E-state index contributed by atoms with van der Waals surface area (Å²) in [6.07, 6.45) is -0.383. The molecule has 5 unspecified atom stereocenters. The molecule has 0 amide bonds. The first-order valence-corrected chi connectivity index (χ1v) is 15.6. The van der Waals surface area contributed by atoms with Crippen LogP contribution in [0.5, 0.6) is 0 Å². The zero-order chi connectivity index (χ0) is 32.9. The number of epoxide rings is 1. The van der Waals surface area contributed by atoms with Crippen LogP contribution in [0.2, 0.25) is 0 Å². The van der Waals surface area contributed by atoms with E-state index in [0.717, 1.165) is 5.56 Å². The van der Waals surface area contributed by atoms with Crippen LogP contribution in [0.3, 0.4) is 0 Å². The van der Waals surface area contributed by atoms with Crippen molar-refractivity contribution in [1.29, 1.82) is 0 Å². The van der Waals surface area contributed by atoms with Crippen LogP contribution in [0.15, 0.2) is 47.6 Å². The molecule has 0 radical (unpaired) electrons. The normalized spacial score (nSPS) is 36.8. The monoisotopic (exact) mass is 624 g/mol. The van der Waals surface area contributed by atoms with Crippen LogP contribution in [-0.2, 0) is 42.9 Å². The number of benzene rings is 1. The van der Waals surface area contributed by atoms with Crippen LogP contribution < -0.4 is 0 Å². The second kappa shape index (κ2) is 12.0. The minimum Gasteiger partial charge on any atom is -0.462 e. The van der Waals surface area contributed by atoms with Crippen molar-refractivity contribution in [3.05, 3.63) is 53.1 Å². The van der Waals surface area contributed by atoms with Gasteiger partial charge in [0.25, 0.3) is 0 Å². The summed E-state index contributed by atoms with van der Waals surface area (Å²) in [4.78, 5) is 50.8. The number of fused-ring (bicyclic) bond motifs is 4. The predicted octanol–water partition coefficient (Wildman–Crippen LogP) is 4.33. The fraction of sp³-hybridized carbons (Fsp3) is 0.600.